The molecule has 2 atom stereocenters. The molecule has 30 heavy (non-hydrogen) atoms. The molecule has 0 aliphatic carbocycles. The van der Waals surface area contributed by atoms with Crippen molar-refractivity contribution < 1.29 is 19.3 Å². The highest BCUT2D eigenvalue weighted by molar-refractivity contribution is 5.78. The van der Waals surface area contributed by atoms with Gasteiger partial charge in [0.25, 0.3) is 0 Å². The molecule has 0 bridgehead atoms. The molecule has 0 saturated carbocycles. The first-order valence-electron chi connectivity index (χ1n) is 9.81. The first-order chi connectivity index (χ1) is 14.8. The van der Waals surface area contributed by atoms with Crippen molar-refractivity contribution in [3.63, 3.8) is 0 Å². The monoisotopic (exact) mass is 400 g/mol. The number of hydrogen-bond donors (Lipinski definition) is 1. The molecule has 2 unspecified atom stereocenters. The molecule has 1 aliphatic heterocycles. The number of benzene rings is 2. The van der Waals surface area contributed by atoms with Crippen LogP contribution in [0.1, 0.15) is 18.1 Å². The number of nitrogens with zero attached hydrogens (tertiary/aromatic N) is 2. The van der Waals surface area contributed by atoms with Gasteiger partial charge in [0.15, 0.2) is 0 Å². The van der Waals surface area contributed by atoms with E-state index in [-0.39, 0.29) is 0 Å². The number of para-hydroxylation sites is 1. The zero-order valence-corrected chi connectivity index (χ0v) is 16.1. The normalized spacial score (nSPS) is 18.2. The molecular weight excluding hydrogens is 380 g/mol. The molecule has 0 fully saturated rings. The lowest BCUT2D eigenvalue weighted by atomic mass is 10.0. The minimum Gasteiger partial charge on any atom is -0.493 e. The second-order valence-corrected chi connectivity index (χ2v) is 7.07. The number of pyridine rings is 2. The van der Waals surface area contributed by atoms with Crippen molar-refractivity contribution in [3.8, 4) is 23.1 Å². The molecule has 3 heterocycles. The Morgan fingerprint density at radius 2 is 1.90 bits per heavy atom. The Bertz CT molecular complexity index is 1170. The maximum absolute atomic E-state index is 11.0. The Hall–Kier alpha value is -3.64. The number of hydrogen-bond acceptors (Lipinski definition) is 6. The van der Waals surface area contributed by atoms with Crippen molar-refractivity contribution in [3.05, 3.63) is 84.7 Å². The summed E-state index contributed by atoms with van der Waals surface area (Å²) in [6, 6.07) is 20.7. The molecule has 1 aliphatic rings. The molecule has 6 heteroatoms. The van der Waals surface area contributed by atoms with Crippen molar-refractivity contribution in [1.82, 2.24) is 9.97 Å². The molecule has 2 aromatic heterocycles. The fourth-order valence-electron chi connectivity index (χ4n) is 3.54. The minimum atomic E-state index is -0.865. The summed E-state index contributed by atoms with van der Waals surface area (Å²) in [5, 5.41) is 12.0. The highest BCUT2D eigenvalue weighted by Gasteiger charge is 2.29. The Morgan fingerprint density at radius 3 is 2.80 bits per heavy atom. The van der Waals surface area contributed by atoms with Gasteiger partial charge in [-0.05, 0) is 42.5 Å². The summed E-state index contributed by atoms with van der Waals surface area (Å²) in [7, 11) is 0. The molecular formula is C24H20N2O4. The number of aliphatic hydroxyl groups excluding tert-OH is 1. The van der Waals surface area contributed by atoms with Crippen LogP contribution in [0.2, 0.25) is 0 Å². The first-order valence-corrected chi connectivity index (χ1v) is 9.81. The van der Waals surface area contributed by atoms with Crippen molar-refractivity contribution in [2.75, 3.05) is 6.61 Å². The predicted molar refractivity (Wildman–Crippen MR) is 112 cm³/mol. The van der Waals surface area contributed by atoms with Crippen LogP contribution >= 0.6 is 0 Å². The van der Waals surface area contributed by atoms with Crippen LogP contribution in [0.3, 0.4) is 0 Å². The maximum Gasteiger partial charge on any atom is 0.219 e. The second-order valence-electron chi connectivity index (χ2n) is 7.07. The van der Waals surface area contributed by atoms with Gasteiger partial charge in [-0.1, -0.05) is 18.2 Å². The van der Waals surface area contributed by atoms with E-state index < -0.39 is 12.2 Å². The lowest BCUT2D eigenvalue weighted by Gasteiger charge is -2.22. The largest absolute Gasteiger partial charge is 0.493 e. The Balaban J connectivity index is 1.40. The lowest BCUT2D eigenvalue weighted by Crippen LogP contribution is -2.25. The summed E-state index contributed by atoms with van der Waals surface area (Å²) in [5.41, 5.74) is 1.48. The average Bonchev–Trinajstić information content (AvgIpc) is 2.93. The van der Waals surface area contributed by atoms with Gasteiger partial charge in [-0.25, -0.2) is 4.98 Å². The van der Waals surface area contributed by atoms with E-state index >= 15 is 0 Å². The summed E-state index contributed by atoms with van der Waals surface area (Å²) in [4.78, 5) is 8.60. The highest BCUT2D eigenvalue weighted by atomic mass is 16.5. The van der Waals surface area contributed by atoms with Crippen molar-refractivity contribution >= 4 is 10.9 Å². The van der Waals surface area contributed by atoms with Gasteiger partial charge in [-0.2, -0.15) is 0 Å². The van der Waals surface area contributed by atoms with E-state index in [9.17, 15) is 5.11 Å². The van der Waals surface area contributed by atoms with E-state index in [4.69, 9.17) is 14.2 Å². The van der Waals surface area contributed by atoms with Crippen LogP contribution in [-0.2, 0) is 0 Å². The van der Waals surface area contributed by atoms with E-state index in [1.807, 2.05) is 48.5 Å². The second kappa shape index (κ2) is 8.00. The zero-order valence-electron chi connectivity index (χ0n) is 16.1. The van der Waals surface area contributed by atoms with Crippen LogP contribution in [0.15, 0.2) is 79.1 Å². The number of aliphatic hydroxyl groups is 1. The molecule has 0 spiro atoms. The third-order valence-corrected chi connectivity index (χ3v) is 5.03. The third kappa shape index (κ3) is 3.77. The number of ether oxygens (including phenoxy) is 3. The summed E-state index contributed by atoms with van der Waals surface area (Å²) in [5.74, 6) is 2.29. The molecule has 6 nitrogen and oxygen atoms in total. The Morgan fingerprint density at radius 1 is 0.967 bits per heavy atom. The van der Waals surface area contributed by atoms with Crippen LogP contribution < -0.4 is 14.2 Å². The van der Waals surface area contributed by atoms with Crippen LogP contribution in [0.5, 0.6) is 23.1 Å². The van der Waals surface area contributed by atoms with Gasteiger partial charge >= 0.3 is 0 Å². The summed E-state index contributed by atoms with van der Waals surface area (Å²) in [6.45, 7) is 0.446. The topological polar surface area (TPSA) is 73.7 Å². The number of aromatic nitrogens is 2. The molecule has 0 radical (unpaired) electrons. The Labute approximate surface area is 173 Å². The zero-order chi connectivity index (χ0) is 20.3. The van der Waals surface area contributed by atoms with Gasteiger partial charge in [-0.15, -0.1) is 0 Å². The molecule has 5 rings (SSSR count). The van der Waals surface area contributed by atoms with Gasteiger partial charge in [0.05, 0.1) is 18.3 Å². The first kappa shape index (κ1) is 18.4. The molecule has 1 N–H and O–H groups in total. The smallest absolute Gasteiger partial charge is 0.219 e. The van der Waals surface area contributed by atoms with Gasteiger partial charge in [0.2, 0.25) is 5.88 Å². The van der Waals surface area contributed by atoms with Gasteiger partial charge in [0, 0.05) is 29.6 Å². The van der Waals surface area contributed by atoms with E-state index in [0.29, 0.717) is 41.7 Å². The van der Waals surface area contributed by atoms with Gasteiger partial charge < -0.3 is 19.3 Å². The quantitative estimate of drug-likeness (QED) is 0.536. The molecule has 4 aromatic rings. The van der Waals surface area contributed by atoms with Crippen LogP contribution in [0.4, 0.5) is 0 Å². The number of fused-ring (bicyclic) bond motifs is 2. The Kier molecular flexibility index (Phi) is 4.91. The molecule has 0 amide bonds. The van der Waals surface area contributed by atoms with Gasteiger partial charge in [0.1, 0.15) is 29.5 Å². The molecule has 150 valence electrons. The standard InChI is InChI=1S/C24H20N2O4/c27-24-19-14-17(30-23-10-7-16-4-1-2-6-20(16)26-23)8-9-21(19)28-13-11-22(24)29-18-5-3-12-25-15-18/h1-10,12,14-15,22,24,27H,11,13H2. The highest BCUT2D eigenvalue weighted by Crippen LogP contribution is 2.37. The average molecular weight is 400 g/mol. The summed E-state index contributed by atoms with van der Waals surface area (Å²) >= 11 is 0. The van der Waals surface area contributed by atoms with E-state index in [0.717, 1.165) is 10.9 Å². The van der Waals surface area contributed by atoms with Crippen LogP contribution in [0.25, 0.3) is 10.9 Å². The molecule has 2 aromatic carbocycles. The van der Waals surface area contributed by atoms with Crippen molar-refractivity contribution in [2.24, 2.45) is 0 Å². The van der Waals surface area contributed by atoms with Crippen LogP contribution in [0, 0.1) is 0 Å². The maximum atomic E-state index is 11.0. The molecule has 0 saturated heterocycles. The summed E-state index contributed by atoms with van der Waals surface area (Å²) in [6.07, 6.45) is 2.54. The lowest BCUT2D eigenvalue weighted by molar-refractivity contribution is 0.0310. The van der Waals surface area contributed by atoms with Gasteiger partial charge in [-0.3, -0.25) is 4.98 Å². The van der Waals surface area contributed by atoms with Crippen LogP contribution in [-0.4, -0.2) is 27.8 Å². The number of rotatable bonds is 4. The van der Waals surface area contributed by atoms with Crippen molar-refractivity contribution in [2.45, 2.75) is 18.6 Å². The van der Waals surface area contributed by atoms with E-state index in [1.165, 1.54) is 0 Å². The van der Waals surface area contributed by atoms with E-state index in [1.54, 1.807) is 30.6 Å². The van der Waals surface area contributed by atoms with Crippen molar-refractivity contribution in [1.29, 1.82) is 0 Å². The fraction of sp³-hybridized carbons (Fsp3) is 0.167. The fourth-order valence-corrected chi connectivity index (χ4v) is 3.54. The van der Waals surface area contributed by atoms with E-state index in [2.05, 4.69) is 9.97 Å². The SMILES string of the molecule is OC1c2cc(Oc3ccc4ccccc4n3)ccc2OCCC1Oc1cccnc1. The third-order valence-electron chi connectivity index (χ3n) is 5.03. The minimum absolute atomic E-state index is 0.446. The summed E-state index contributed by atoms with van der Waals surface area (Å²) < 4.78 is 17.8. The predicted octanol–water partition coefficient (Wildman–Crippen LogP) is 4.69.